The highest BCUT2D eigenvalue weighted by molar-refractivity contribution is 6.00. The first-order valence-electron chi connectivity index (χ1n) is 7.40. The Bertz CT molecular complexity index is 637. The largest absolute Gasteiger partial charge is 0.492 e. The van der Waals surface area contributed by atoms with Crippen LogP contribution in [0.1, 0.15) is 48.7 Å². The Morgan fingerprint density at radius 1 is 1.24 bits per heavy atom. The number of nitrogens with zero attached hydrogens (tertiary/aromatic N) is 1. The van der Waals surface area contributed by atoms with Crippen LogP contribution in [0.25, 0.3) is 10.9 Å². The van der Waals surface area contributed by atoms with E-state index in [2.05, 4.69) is 11.9 Å². The Balaban J connectivity index is 2.33. The molecule has 0 amide bonds. The third kappa shape index (κ3) is 3.51. The summed E-state index contributed by atoms with van der Waals surface area (Å²) in [7, 11) is 0. The summed E-state index contributed by atoms with van der Waals surface area (Å²) in [6, 6.07) is 7.49. The molecule has 0 saturated heterocycles. The van der Waals surface area contributed by atoms with Crippen molar-refractivity contribution in [3.05, 3.63) is 35.5 Å². The Labute approximate surface area is 124 Å². The Kier molecular flexibility index (Phi) is 5.14. The number of carboxylic acid groups (broad SMARTS) is 1. The number of pyridine rings is 1. The third-order valence-corrected chi connectivity index (χ3v) is 3.48. The van der Waals surface area contributed by atoms with Gasteiger partial charge in [0.2, 0.25) is 0 Å². The number of carboxylic acids is 1. The van der Waals surface area contributed by atoms with Crippen LogP contribution in [0.4, 0.5) is 0 Å². The summed E-state index contributed by atoms with van der Waals surface area (Å²) in [4.78, 5) is 15.9. The topological polar surface area (TPSA) is 59.4 Å². The summed E-state index contributed by atoms with van der Waals surface area (Å²) < 4.78 is 5.82. The number of benzene rings is 1. The van der Waals surface area contributed by atoms with Crippen LogP contribution in [-0.2, 0) is 0 Å². The standard InChI is InChI=1S/C17H21NO3/c1-3-4-5-8-11-21-16-13-9-6-7-10-14(13)18-12(2)15(16)17(19)20/h6-7,9-10H,3-5,8,11H2,1-2H3,(H,19,20). The maximum absolute atomic E-state index is 11.5. The van der Waals surface area contributed by atoms with E-state index in [0.717, 1.165) is 30.2 Å². The highest BCUT2D eigenvalue weighted by atomic mass is 16.5. The van der Waals surface area contributed by atoms with E-state index in [1.807, 2.05) is 24.3 Å². The van der Waals surface area contributed by atoms with E-state index in [1.54, 1.807) is 6.92 Å². The molecule has 2 aromatic rings. The van der Waals surface area contributed by atoms with E-state index in [9.17, 15) is 9.90 Å². The van der Waals surface area contributed by atoms with Crippen molar-refractivity contribution in [2.24, 2.45) is 0 Å². The van der Waals surface area contributed by atoms with E-state index >= 15 is 0 Å². The van der Waals surface area contributed by atoms with Crippen molar-refractivity contribution < 1.29 is 14.6 Å². The van der Waals surface area contributed by atoms with Crippen molar-refractivity contribution in [2.75, 3.05) is 6.61 Å². The molecule has 1 aromatic carbocycles. The summed E-state index contributed by atoms with van der Waals surface area (Å²) >= 11 is 0. The molecule has 0 aliphatic carbocycles. The first-order valence-corrected chi connectivity index (χ1v) is 7.40. The van der Waals surface area contributed by atoms with Crippen LogP contribution in [0.15, 0.2) is 24.3 Å². The van der Waals surface area contributed by atoms with Crippen LogP contribution < -0.4 is 4.74 Å². The second-order valence-electron chi connectivity index (χ2n) is 5.13. The summed E-state index contributed by atoms with van der Waals surface area (Å²) in [6.45, 7) is 4.40. The van der Waals surface area contributed by atoms with Crippen molar-refractivity contribution in [3.8, 4) is 5.75 Å². The maximum atomic E-state index is 11.5. The summed E-state index contributed by atoms with van der Waals surface area (Å²) in [5.41, 5.74) is 1.43. The van der Waals surface area contributed by atoms with Crippen LogP contribution in [0.5, 0.6) is 5.75 Å². The van der Waals surface area contributed by atoms with Crippen molar-refractivity contribution in [1.29, 1.82) is 0 Å². The van der Waals surface area contributed by atoms with Crippen molar-refractivity contribution in [1.82, 2.24) is 4.98 Å². The zero-order valence-electron chi connectivity index (χ0n) is 12.6. The monoisotopic (exact) mass is 287 g/mol. The first-order chi connectivity index (χ1) is 10.1. The first kappa shape index (κ1) is 15.3. The third-order valence-electron chi connectivity index (χ3n) is 3.48. The second-order valence-corrected chi connectivity index (χ2v) is 5.13. The van der Waals surface area contributed by atoms with Gasteiger partial charge >= 0.3 is 5.97 Å². The molecule has 0 unspecified atom stereocenters. The number of ether oxygens (including phenoxy) is 1. The number of aryl methyl sites for hydroxylation is 1. The molecule has 112 valence electrons. The lowest BCUT2D eigenvalue weighted by Crippen LogP contribution is -2.09. The fourth-order valence-corrected chi connectivity index (χ4v) is 2.40. The van der Waals surface area contributed by atoms with E-state index in [4.69, 9.17) is 4.74 Å². The van der Waals surface area contributed by atoms with E-state index in [-0.39, 0.29) is 5.56 Å². The molecular weight excluding hydrogens is 266 g/mol. The number of rotatable bonds is 7. The van der Waals surface area contributed by atoms with Gasteiger partial charge in [0, 0.05) is 5.39 Å². The molecular formula is C17H21NO3. The Morgan fingerprint density at radius 3 is 2.71 bits per heavy atom. The fourth-order valence-electron chi connectivity index (χ4n) is 2.40. The van der Waals surface area contributed by atoms with Gasteiger partial charge in [-0.05, 0) is 25.5 Å². The number of aromatic nitrogens is 1. The lowest BCUT2D eigenvalue weighted by Gasteiger charge is -2.14. The minimum Gasteiger partial charge on any atom is -0.492 e. The number of aromatic carboxylic acids is 1. The highest BCUT2D eigenvalue weighted by Crippen LogP contribution is 2.31. The van der Waals surface area contributed by atoms with Gasteiger partial charge in [-0.1, -0.05) is 38.3 Å². The molecule has 1 heterocycles. The molecule has 0 aliphatic heterocycles. The van der Waals surface area contributed by atoms with Gasteiger partial charge in [-0.3, -0.25) is 4.98 Å². The molecule has 4 nitrogen and oxygen atoms in total. The van der Waals surface area contributed by atoms with Crippen molar-refractivity contribution in [3.63, 3.8) is 0 Å². The lowest BCUT2D eigenvalue weighted by molar-refractivity contribution is 0.0691. The number of unbranched alkanes of at least 4 members (excludes halogenated alkanes) is 3. The maximum Gasteiger partial charge on any atom is 0.341 e. The zero-order chi connectivity index (χ0) is 15.2. The minimum atomic E-state index is -0.991. The number of carbonyl (C=O) groups is 1. The van der Waals surface area contributed by atoms with Gasteiger partial charge in [0.05, 0.1) is 17.8 Å². The van der Waals surface area contributed by atoms with Crippen LogP contribution in [-0.4, -0.2) is 22.7 Å². The predicted molar refractivity (Wildman–Crippen MR) is 83.1 cm³/mol. The Morgan fingerprint density at radius 2 is 2.00 bits per heavy atom. The molecule has 2 rings (SSSR count). The number of fused-ring (bicyclic) bond motifs is 1. The van der Waals surface area contributed by atoms with Gasteiger partial charge in [0.15, 0.2) is 0 Å². The molecule has 0 fully saturated rings. The summed E-state index contributed by atoms with van der Waals surface area (Å²) in [5.74, 6) is -0.545. The van der Waals surface area contributed by atoms with E-state index < -0.39 is 5.97 Å². The molecule has 1 aromatic heterocycles. The second kappa shape index (κ2) is 7.07. The van der Waals surface area contributed by atoms with Crippen LogP contribution >= 0.6 is 0 Å². The number of hydrogen-bond donors (Lipinski definition) is 1. The molecule has 1 N–H and O–H groups in total. The highest BCUT2D eigenvalue weighted by Gasteiger charge is 2.19. The number of hydrogen-bond acceptors (Lipinski definition) is 3. The smallest absolute Gasteiger partial charge is 0.341 e. The fraction of sp³-hybridized carbons (Fsp3) is 0.412. The zero-order valence-corrected chi connectivity index (χ0v) is 12.6. The van der Waals surface area contributed by atoms with Gasteiger partial charge in [-0.25, -0.2) is 4.79 Å². The minimum absolute atomic E-state index is 0.171. The molecule has 0 radical (unpaired) electrons. The van der Waals surface area contributed by atoms with E-state index in [0.29, 0.717) is 18.1 Å². The van der Waals surface area contributed by atoms with Crippen molar-refractivity contribution in [2.45, 2.75) is 39.5 Å². The van der Waals surface area contributed by atoms with Gasteiger partial charge < -0.3 is 9.84 Å². The molecule has 0 aliphatic rings. The molecule has 21 heavy (non-hydrogen) atoms. The molecule has 0 saturated carbocycles. The lowest BCUT2D eigenvalue weighted by atomic mass is 10.1. The average Bonchev–Trinajstić information content (AvgIpc) is 2.46. The summed E-state index contributed by atoms with van der Waals surface area (Å²) in [5, 5.41) is 10.2. The average molecular weight is 287 g/mol. The van der Waals surface area contributed by atoms with Crippen LogP contribution in [0.2, 0.25) is 0 Å². The summed E-state index contributed by atoms with van der Waals surface area (Å²) in [6.07, 6.45) is 4.37. The molecule has 0 spiro atoms. The van der Waals surface area contributed by atoms with Gasteiger partial charge in [0.25, 0.3) is 0 Å². The Hall–Kier alpha value is -2.10. The van der Waals surface area contributed by atoms with Crippen LogP contribution in [0.3, 0.4) is 0 Å². The SMILES string of the molecule is CCCCCCOc1c(C(=O)O)c(C)nc2ccccc12. The molecule has 4 heteroatoms. The van der Waals surface area contributed by atoms with Crippen molar-refractivity contribution >= 4 is 16.9 Å². The predicted octanol–water partition coefficient (Wildman–Crippen LogP) is 4.20. The molecule has 0 atom stereocenters. The van der Waals surface area contributed by atoms with Gasteiger partial charge in [0.1, 0.15) is 11.3 Å². The van der Waals surface area contributed by atoms with Gasteiger partial charge in [-0.15, -0.1) is 0 Å². The van der Waals surface area contributed by atoms with Crippen LogP contribution in [0, 0.1) is 6.92 Å². The normalized spacial score (nSPS) is 10.8. The van der Waals surface area contributed by atoms with Gasteiger partial charge in [-0.2, -0.15) is 0 Å². The van der Waals surface area contributed by atoms with E-state index in [1.165, 1.54) is 6.42 Å². The quantitative estimate of drug-likeness (QED) is 0.775. The molecule has 0 bridgehead atoms. The number of para-hydroxylation sites is 1.